The molecule has 15 heavy (non-hydrogen) atoms. The Morgan fingerprint density at radius 2 is 1.73 bits per heavy atom. The van der Waals surface area contributed by atoms with Crippen LogP contribution >= 0.6 is 0 Å². The number of likely N-dealkylation sites (N-methyl/N-ethyl adjacent to an activating group) is 1. The zero-order chi connectivity index (χ0) is 10.7. The monoisotopic (exact) mass is 216 g/mol. The molecule has 0 aromatic carbocycles. The van der Waals surface area contributed by atoms with Crippen LogP contribution in [0, 0.1) is 0 Å². The van der Waals surface area contributed by atoms with E-state index in [-0.39, 0.29) is 0 Å². The highest BCUT2D eigenvalue weighted by Crippen LogP contribution is 2.26. The second-order valence-electron chi connectivity index (χ2n) is 4.84. The van der Waals surface area contributed by atoms with Crippen molar-refractivity contribution >= 4 is 0 Å². The van der Waals surface area contributed by atoms with Crippen molar-refractivity contribution in [1.29, 1.82) is 0 Å². The molecule has 0 aromatic rings. The van der Waals surface area contributed by atoms with Gasteiger partial charge in [-0.3, -0.25) is 4.90 Å². The summed E-state index contributed by atoms with van der Waals surface area (Å²) in [5.41, 5.74) is -0.992. The van der Waals surface area contributed by atoms with Gasteiger partial charge in [0.25, 0.3) is 0 Å². The number of alkyl halides is 1. The molecule has 0 saturated carbocycles. The second-order valence-corrected chi connectivity index (χ2v) is 4.84. The lowest BCUT2D eigenvalue weighted by Crippen LogP contribution is -2.51. The molecular formula is C11H21FN2O. The summed E-state index contributed by atoms with van der Waals surface area (Å²) in [6, 6.07) is 0. The van der Waals surface area contributed by atoms with E-state index < -0.39 is 5.67 Å². The van der Waals surface area contributed by atoms with Crippen LogP contribution in [0.3, 0.4) is 0 Å². The van der Waals surface area contributed by atoms with Crippen LogP contribution in [-0.2, 0) is 4.74 Å². The molecule has 0 unspecified atom stereocenters. The average Bonchev–Trinajstić information content (AvgIpc) is 2.22. The molecule has 0 radical (unpaired) electrons. The number of rotatable bonds is 2. The fourth-order valence-electron chi connectivity index (χ4n) is 2.30. The Morgan fingerprint density at radius 3 is 2.33 bits per heavy atom. The summed E-state index contributed by atoms with van der Waals surface area (Å²) in [5.74, 6) is 0. The smallest absolute Gasteiger partial charge is 0.128 e. The first kappa shape index (κ1) is 11.3. The number of ether oxygens (including phenoxy) is 1. The van der Waals surface area contributed by atoms with Crippen LogP contribution < -0.4 is 0 Å². The number of halogens is 1. The lowest BCUT2D eigenvalue weighted by atomic mass is 9.95. The van der Waals surface area contributed by atoms with Crippen molar-refractivity contribution in [1.82, 2.24) is 9.80 Å². The number of nitrogens with zero attached hydrogens (tertiary/aromatic N) is 2. The maximum absolute atomic E-state index is 14.3. The van der Waals surface area contributed by atoms with Crippen LogP contribution in [0.25, 0.3) is 0 Å². The van der Waals surface area contributed by atoms with Crippen LogP contribution in [0.1, 0.15) is 12.8 Å². The molecule has 2 heterocycles. The Hall–Kier alpha value is -0.190. The van der Waals surface area contributed by atoms with Crippen molar-refractivity contribution in [3.05, 3.63) is 0 Å². The summed E-state index contributed by atoms with van der Waals surface area (Å²) in [4.78, 5) is 4.55. The van der Waals surface area contributed by atoms with E-state index in [2.05, 4.69) is 16.8 Å². The third-order valence-corrected chi connectivity index (χ3v) is 3.49. The lowest BCUT2D eigenvalue weighted by Gasteiger charge is -2.38. The molecular weight excluding hydrogens is 195 g/mol. The van der Waals surface area contributed by atoms with E-state index in [1.807, 2.05) is 0 Å². The SMILES string of the molecule is CN1CCN(CC2(F)CCOCC2)CC1. The Balaban J connectivity index is 1.80. The largest absolute Gasteiger partial charge is 0.381 e. The molecule has 4 heteroatoms. The Bertz CT molecular complexity index is 199. The summed E-state index contributed by atoms with van der Waals surface area (Å²) in [6.07, 6.45) is 1.14. The molecule has 2 fully saturated rings. The standard InChI is InChI=1S/C11H21FN2O/c1-13-4-6-14(7-5-13)10-11(12)2-8-15-9-3-11/h2-10H2,1H3. The molecule has 2 aliphatic rings. The summed E-state index contributed by atoms with van der Waals surface area (Å²) in [6.45, 7) is 5.91. The van der Waals surface area contributed by atoms with Crippen LogP contribution in [0.4, 0.5) is 4.39 Å². The van der Waals surface area contributed by atoms with Crippen molar-refractivity contribution in [3.63, 3.8) is 0 Å². The first-order chi connectivity index (χ1) is 7.18. The first-order valence-corrected chi connectivity index (χ1v) is 5.86. The van der Waals surface area contributed by atoms with Gasteiger partial charge in [0.1, 0.15) is 5.67 Å². The minimum Gasteiger partial charge on any atom is -0.381 e. The average molecular weight is 216 g/mol. The fourth-order valence-corrected chi connectivity index (χ4v) is 2.30. The van der Waals surface area contributed by atoms with Gasteiger partial charge in [-0.05, 0) is 7.05 Å². The highest BCUT2D eigenvalue weighted by atomic mass is 19.1. The number of hydrogen-bond acceptors (Lipinski definition) is 3. The minimum absolute atomic E-state index is 0.569. The molecule has 0 aromatic heterocycles. The van der Waals surface area contributed by atoms with Gasteiger partial charge in [-0.25, -0.2) is 4.39 Å². The van der Waals surface area contributed by atoms with E-state index in [1.165, 1.54) is 0 Å². The van der Waals surface area contributed by atoms with Gasteiger partial charge in [-0.15, -0.1) is 0 Å². The molecule has 0 N–H and O–H groups in total. The molecule has 0 aliphatic carbocycles. The number of hydrogen-bond donors (Lipinski definition) is 0. The summed E-state index contributed by atoms with van der Waals surface area (Å²) in [7, 11) is 2.12. The van der Waals surface area contributed by atoms with Gasteiger partial charge in [-0.2, -0.15) is 0 Å². The Kier molecular flexibility index (Phi) is 3.59. The molecule has 2 rings (SSSR count). The van der Waals surface area contributed by atoms with E-state index >= 15 is 0 Å². The predicted octanol–water partition coefficient (Wildman–Crippen LogP) is 0.752. The summed E-state index contributed by atoms with van der Waals surface area (Å²) in [5, 5.41) is 0. The van der Waals surface area contributed by atoms with E-state index in [0.717, 1.165) is 26.2 Å². The normalized spacial score (nSPS) is 29.2. The van der Waals surface area contributed by atoms with Gasteiger partial charge >= 0.3 is 0 Å². The Labute approximate surface area is 91.2 Å². The van der Waals surface area contributed by atoms with Gasteiger partial charge in [0.05, 0.1) is 0 Å². The minimum atomic E-state index is -0.992. The van der Waals surface area contributed by atoms with Gasteiger partial charge in [0.15, 0.2) is 0 Å². The highest BCUT2D eigenvalue weighted by molar-refractivity contribution is 4.86. The van der Waals surface area contributed by atoms with E-state index in [0.29, 0.717) is 32.6 Å². The van der Waals surface area contributed by atoms with Crippen molar-refractivity contribution < 1.29 is 9.13 Å². The zero-order valence-electron chi connectivity index (χ0n) is 9.54. The van der Waals surface area contributed by atoms with Crippen LogP contribution in [0.2, 0.25) is 0 Å². The number of piperazine rings is 1. The van der Waals surface area contributed by atoms with E-state index in [1.54, 1.807) is 0 Å². The molecule has 0 bridgehead atoms. The van der Waals surface area contributed by atoms with Crippen LogP contribution in [0.15, 0.2) is 0 Å². The van der Waals surface area contributed by atoms with E-state index in [4.69, 9.17) is 4.74 Å². The van der Waals surface area contributed by atoms with Crippen molar-refractivity contribution in [2.24, 2.45) is 0 Å². The van der Waals surface area contributed by atoms with Crippen molar-refractivity contribution in [3.8, 4) is 0 Å². The fraction of sp³-hybridized carbons (Fsp3) is 1.00. The first-order valence-electron chi connectivity index (χ1n) is 5.86. The molecule has 3 nitrogen and oxygen atoms in total. The molecule has 0 atom stereocenters. The predicted molar refractivity (Wildman–Crippen MR) is 57.8 cm³/mol. The second kappa shape index (κ2) is 4.76. The summed E-state index contributed by atoms with van der Waals surface area (Å²) >= 11 is 0. The van der Waals surface area contributed by atoms with Gasteiger partial charge in [-0.1, -0.05) is 0 Å². The Morgan fingerprint density at radius 1 is 1.13 bits per heavy atom. The lowest BCUT2D eigenvalue weighted by molar-refractivity contribution is -0.0325. The maximum Gasteiger partial charge on any atom is 0.128 e. The van der Waals surface area contributed by atoms with Gasteiger partial charge < -0.3 is 9.64 Å². The summed E-state index contributed by atoms with van der Waals surface area (Å²) < 4.78 is 19.5. The molecule has 88 valence electrons. The maximum atomic E-state index is 14.3. The quantitative estimate of drug-likeness (QED) is 0.677. The molecule has 0 spiro atoms. The van der Waals surface area contributed by atoms with Gasteiger partial charge in [0.2, 0.25) is 0 Å². The van der Waals surface area contributed by atoms with Crippen LogP contribution in [-0.4, -0.2) is 68.5 Å². The van der Waals surface area contributed by atoms with Gasteiger partial charge in [0, 0.05) is 58.8 Å². The highest BCUT2D eigenvalue weighted by Gasteiger charge is 2.34. The molecule has 2 aliphatic heterocycles. The molecule has 0 amide bonds. The topological polar surface area (TPSA) is 15.7 Å². The van der Waals surface area contributed by atoms with E-state index in [9.17, 15) is 4.39 Å². The zero-order valence-corrected chi connectivity index (χ0v) is 9.54. The van der Waals surface area contributed by atoms with Crippen molar-refractivity contribution in [2.75, 3.05) is 53.0 Å². The van der Waals surface area contributed by atoms with Crippen molar-refractivity contribution in [2.45, 2.75) is 18.5 Å². The van der Waals surface area contributed by atoms with Crippen LogP contribution in [0.5, 0.6) is 0 Å². The third-order valence-electron chi connectivity index (χ3n) is 3.49. The molecule has 2 saturated heterocycles. The third kappa shape index (κ3) is 3.13.